The quantitative estimate of drug-likeness (QED) is 0.0571. The fraction of sp³-hybridized carbons (Fsp3) is 0.909. The maximum absolute atomic E-state index is 7.15. The minimum Gasteiger partial charge on any atom is -0.460 e. The number of nitrogens with zero attached hydrogens (tertiary/aromatic N) is 18. The van der Waals surface area contributed by atoms with E-state index in [1.165, 1.54) is 0 Å². The first kappa shape index (κ1) is 100. The van der Waals surface area contributed by atoms with E-state index < -0.39 is 0 Å². The Morgan fingerprint density at radius 1 is 0.224 bits per heavy atom. The van der Waals surface area contributed by atoms with E-state index in [4.69, 9.17) is 73.3 Å². The summed E-state index contributed by atoms with van der Waals surface area (Å²) in [7, 11) is 13.5. The van der Waals surface area contributed by atoms with Crippen molar-refractivity contribution in [2.24, 2.45) is 0 Å². The van der Waals surface area contributed by atoms with Crippen LogP contribution in [0.3, 0.4) is 0 Å². The summed E-state index contributed by atoms with van der Waals surface area (Å²) in [6.45, 7) is 77.4. The molecule has 8 saturated heterocycles. The maximum Gasteiger partial charge on any atom is 0.324 e. The zero-order valence-electron chi connectivity index (χ0n) is 86.4. The highest BCUT2D eigenvalue weighted by Crippen LogP contribution is 2.47. The van der Waals surface area contributed by atoms with Gasteiger partial charge in [-0.15, -0.1) is 15.0 Å². The molecule has 0 unspecified atom stereocenters. The third kappa shape index (κ3) is 24.6. The van der Waals surface area contributed by atoms with Crippen molar-refractivity contribution in [3.05, 3.63) is 0 Å². The molecule has 0 saturated carbocycles. The summed E-state index contributed by atoms with van der Waals surface area (Å²) in [4.78, 5) is 70.3. The first-order chi connectivity index (χ1) is 57.1. The number of likely N-dealkylation sites (tertiary alicyclic amines) is 6. The smallest absolute Gasteiger partial charge is 0.324 e. The van der Waals surface area contributed by atoms with Gasteiger partial charge in [-0.05, 0) is 315 Å². The summed E-state index contributed by atoms with van der Waals surface area (Å²) in [5, 5.41) is 8.00. The first-order valence-corrected chi connectivity index (χ1v) is 48.7. The van der Waals surface area contributed by atoms with Gasteiger partial charge in [0.2, 0.25) is 17.8 Å². The van der Waals surface area contributed by atoms with Gasteiger partial charge in [0.05, 0.1) is 0 Å². The maximum atomic E-state index is 7.15. The summed E-state index contributed by atoms with van der Waals surface area (Å²) in [5.41, 5.74) is -1.94. The number of nitrogens with one attached hydrogen (secondary N) is 2. The number of aromatic nitrogens is 9. The highest BCUT2D eigenvalue weighted by Gasteiger charge is 2.53. The molecule has 8 aliphatic rings. The summed E-state index contributed by atoms with van der Waals surface area (Å²) >= 11 is 0. The van der Waals surface area contributed by atoms with Gasteiger partial charge in [-0.2, -0.15) is 29.9 Å². The van der Waals surface area contributed by atoms with Gasteiger partial charge in [0.25, 0.3) is 0 Å². The zero-order valence-corrected chi connectivity index (χ0v) is 86.4. The molecular formula is C99H180N20O6. The molecule has 26 nitrogen and oxygen atoms in total. The number of unbranched alkanes of at least 4 members (excludes halogenated alkanes) is 6. The molecule has 8 aliphatic heterocycles. The second-order valence-electron chi connectivity index (χ2n) is 50.7. The molecule has 26 heteroatoms. The highest BCUT2D eigenvalue weighted by atomic mass is 16.5. The van der Waals surface area contributed by atoms with Crippen LogP contribution in [0.15, 0.2) is 0 Å². The average Bonchev–Trinajstić information content (AvgIpc) is 0.763. The molecule has 712 valence electrons. The molecule has 0 bridgehead atoms. The van der Waals surface area contributed by atoms with Crippen LogP contribution in [-0.4, -0.2) is 280 Å². The Kier molecular flexibility index (Phi) is 29.0. The predicted octanol–water partition coefficient (Wildman–Crippen LogP) is 18.0. The van der Waals surface area contributed by atoms with Crippen LogP contribution in [0.1, 0.15) is 376 Å². The van der Waals surface area contributed by atoms with Crippen LogP contribution in [-0.2, 0) is 0 Å². The van der Waals surface area contributed by atoms with Crippen molar-refractivity contribution in [3.63, 3.8) is 0 Å². The van der Waals surface area contributed by atoms with E-state index in [0.717, 1.165) is 180 Å². The lowest BCUT2D eigenvalue weighted by Gasteiger charge is -2.53. The number of hydrogen-bond acceptors (Lipinski definition) is 26. The van der Waals surface area contributed by atoms with Gasteiger partial charge in [-0.1, -0.05) is 25.7 Å². The second kappa shape index (κ2) is 36.1. The van der Waals surface area contributed by atoms with Crippen LogP contribution in [0.2, 0.25) is 0 Å². The topological polar surface area (TPSA) is 225 Å². The van der Waals surface area contributed by atoms with Crippen LogP contribution >= 0.6 is 0 Å². The van der Waals surface area contributed by atoms with Crippen molar-refractivity contribution in [2.45, 2.75) is 513 Å². The number of hydrogen-bond donors (Lipinski definition) is 2. The van der Waals surface area contributed by atoms with Crippen LogP contribution in [0.5, 0.6) is 36.1 Å². The summed E-state index contributed by atoms with van der Waals surface area (Å²) < 4.78 is 42.8. The number of rotatable bonds is 31. The van der Waals surface area contributed by atoms with E-state index >= 15 is 0 Å². The average molecular weight is 1750 g/mol. The van der Waals surface area contributed by atoms with Crippen molar-refractivity contribution in [3.8, 4) is 36.1 Å². The van der Waals surface area contributed by atoms with Gasteiger partial charge in [-0.3, -0.25) is 29.4 Å². The lowest BCUT2D eigenvalue weighted by atomic mass is 9.79. The minimum atomic E-state index is -0.149. The van der Waals surface area contributed by atoms with E-state index in [-0.39, 0.29) is 137 Å². The Balaban J connectivity index is 0.895. The molecule has 3 aromatic heterocycles. The third-order valence-corrected chi connectivity index (χ3v) is 32.2. The molecule has 3 aromatic rings. The third-order valence-electron chi connectivity index (χ3n) is 32.2. The normalized spacial score (nSPS) is 26.5. The Hall–Kier alpha value is -5.09. The molecule has 0 aromatic carbocycles. The molecule has 0 atom stereocenters. The number of anilines is 3. The molecule has 8 fully saturated rings. The predicted molar refractivity (Wildman–Crippen MR) is 509 cm³/mol. The summed E-state index contributed by atoms with van der Waals surface area (Å²) in [5.74, 6) is 1.85. The Morgan fingerprint density at radius 2 is 0.384 bits per heavy atom. The second-order valence-corrected chi connectivity index (χ2v) is 50.7. The van der Waals surface area contributed by atoms with Crippen molar-refractivity contribution in [1.82, 2.24) is 84.9 Å². The minimum absolute atomic E-state index is 0.106. The molecule has 2 N–H and O–H groups in total. The van der Waals surface area contributed by atoms with Crippen molar-refractivity contribution in [2.75, 3.05) is 83.2 Å². The van der Waals surface area contributed by atoms with Crippen LogP contribution in [0.25, 0.3) is 0 Å². The molecular weight excluding hydrogens is 1570 g/mol. The summed E-state index contributed by atoms with van der Waals surface area (Å²) in [6, 6.07) is 2.26. The van der Waals surface area contributed by atoms with Gasteiger partial charge < -0.3 is 53.8 Å². The SMILES string of the molecule is CN1C(C)(C)CC(Oc2nc(OC3CC(C)(C)N(C)C(C)(C)C3)nc(N(CCCCCCN(c3nc(OC4CC(C)(C)N(C)C(C)(C)C4)nc(OC4CC(C)(C)N(C)C(C)(C)C4)n3)C3CC(C)(C)NC(C)(C)C3)CCCCCCN(c3nc(OC4CC(C)(C)N(C)C(C)(C)C4)nc(OC4CC(C)(C)N(C)C(C)(C)C4)n3)C3CC(C)(C)NC(C)(C)C3)n2)CC1(C)C. The molecule has 11 heterocycles. The molecule has 0 aliphatic carbocycles. The molecule has 0 radical (unpaired) electrons. The van der Waals surface area contributed by atoms with Crippen molar-refractivity contribution in [1.29, 1.82) is 0 Å². The Labute approximate surface area is 759 Å². The lowest BCUT2D eigenvalue weighted by Crippen LogP contribution is -2.62. The van der Waals surface area contributed by atoms with Crippen molar-refractivity contribution < 1.29 is 28.4 Å². The van der Waals surface area contributed by atoms with Crippen molar-refractivity contribution >= 4 is 17.8 Å². The number of ether oxygens (including phenoxy) is 6. The van der Waals surface area contributed by atoms with Gasteiger partial charge in [-0.25, -0.2) is 0 Å². The van der Waals surface area contributed by atoms with E-state index in [9.17, 15) is 0 Å². The highest BCUT2D eigenvalue weighted by molar-refractivity contribution is 5.38. The monoisotopic (exact) mass is 1750 g/mol. The number of piperidine rings is 8. The van der Waals surface area contributed by atoms with E-state index in [0.29, 0.717) is 53.9 Å². The van der Waals surface area contributed by atoms with Gasteiger partial charge in [0.15, 0.2) is 0 Å². The van der Waals surface area contributed by atoms with Gasteiger partial charge in [0.1, 0.15) is 36.6 Å². The Morgan fingerprint density at radius 3 is 0.560 bits per heavy atom. The van der Waals surface area contributed by atoms with Crippen LogP contribution < -0.4 is 53.8 Å². The summed E-state index contributed by atoms with van der Waals surface area (Å²) in [6.07, 6.45) is 20.6. The standard InChI is InChI=1S/C99H180N20O6/c1-84(2)51-67(52-85(3,4)109-84)118(76-102-80(122-71-59-92(17,18)113(35)93(19,20)60-71)107-81(103-76)123-72-61-94(21,22)114(36)95(23,24)62-72)49-45-41-39-43-47-117(75-100-78(120-69-55-88(9,10)111(33)89(11,12)56-69)106-79(101-75)121-70-57-90(13,14)112(34)91(15,16)58-70)48-44-40-42-46-50-119(68-53-86(5,6)110-87(7,8)54-68)77-104-82(124-73-63-96(25,26)115(37)97(27,28)64-73)108-83(105-77)125-74-65-98(29,30)116(38)99(31,32)66-74/h67-74,109-110H,39-66H2,1-38H3. The van der Waals surface area contributed by atoms with Crippen LogP contribution in [0.4, 0.5) is 17.8 Å². The first-order valence-electron chi connectivity index (χ1n) is 48.7. The largest absolute Gasteiger partial charge is 0.460 e. The van der Waals surface area contributed by atoms with E-state index in [1.807, 2.05) is 0 Å². The fourth-order valence-corrected chi connectivity index (χ4v) is 24.8. The van der Waals surface area contributed by atoms with E-state index in [1.54, 1.807) is 0 Å². The van der Waals surface area contributed by atoms with Crippen LogP contribution in [0, 0.1) is 0 Å². The molecule has 125 heavy (non-hydrogen) atoms. The molecule has 0 spiro atoms. The fourth-order valence-electron chi connectivity index (χ4n) is 24.8. The molecule has 0 amide bonds. The van der Waals surface area contributed by atoms with Gasteiger partial charge >= 0.3 is 36.1 Å². The Bertz CT molecular complexity index is 3600. The molecule has 11 rings (SSSR count). The van der Waals surface area contributed by atoms with Gasteiger partial charge in [0, 0.05) is 204 Å². The lowest BCUT2D eigenvalue weighted by molar-refractivity contribution is -0.0617. The zero-order chi connectivity index (χ0) is 92.8. The van der Waals surface area contributed by atoms with E-state index in [2.05, 4.69) is 319 Å².